The van der Waals surface area contributed by atoms with Gasteiger partial charge in [-0.3, -0.25) is 9.59 Å². The number of imide groups is 1. The van der Waals surface area contributed by atoms with Gasteiger partial charge in [0.2, 0.25) is 0 Å². The Hall–Kier alpha value is -3.74. The van der Waals surface area contributed by atoms with Crippen molar-refractivity contribution in [2.24, 2.45) is 0 Å². The van der Waals surface area contributed by atoms with Crippen molar-refractivity contribution in [3.63, 3.8) is 0 Å². The van der Waals surface area contributed by atoms with Crippen LogP contribution in [-0.4, -0.2) is 57.6 Å². The zero-order valence-corrected chi connectivity index (χ0v) is 18.4. The van der Waals surface area contributed by atoms with E-state index in [9.17, 15) is 31.9 Å². The number of benzene rings is 1. The predicted octanol–water partition coefficient (Wildman–Crippen LogP) is 4.08. The summed E-state index contributed by atoms with van der Waals surface area (Å²) in [5.74, 6) is -4.52. The lowest BCUT2D eigenvalue weighted by Gasteiger charge is -2.26. The number of alkyl halides is 3. The third kappa shape index (κ3) is 5.67. The number of fused-ring (bicyclic) bond motifs is 1. The monoisotopic (exact) mass is 516 g/mol. The number of carbonyl (C=O) groups is 4. The molecule has 4 rings (SSSR count). The van der Waals surface area contributed by atoms with E-state index in [4.69, 9.17) is 21.5 Å². The molecular weight excluding hydrogens is 500 g/mol. The number of carbonyl (C=O) groups excluding carboxylic acids is 3. The number of carboxylic acids is 1. The fraction of sp³-hybridized carbons (Fsp3) is 0.286. The molecule has 3 heterocycles. The highest BCUT2D eigenvalue weighted by atomic mass is 35.5. The normalized spacial score (nSPS) is 17.5. The van der Waals surface area contributed by atoms with Crippen LogP contribution in [0, 0.1) is 5.82 Å². The highest BCUT2D eigenvalue weighted by Crippen LogP contribution is 2.35. The zero-order chi connectivity index (χ0) is 25.9. The number of anilines is 2. The molecule has 1 atom stereocenters. The van der Waals surface area contributed by atoms with E-state index >= 15 is 0 Å². The predicted molar refractivity (Wildman–Crippen MR) is 115 cm³/mol. The maximum atomic E-state index is 13.7. The molecule has 9 nitrogen and oxygen atoms in total. The number of aromatic nitrogens is 1. The molecular formula is C21H17ClF4N4O5. The molecule has 2 aromatic rings. The summed E-state index contributed by atoms with van der Waals surface area (Å²) in [5.41, 5.74) is 0.207. The Morgan fingerprint density at radius 3 is 2.43 bits per heavy atom. The topological polar surface area (TPSA) is 120 Å². The second-order valence-electron chi connectivity index (χ2n) is 7.42. The van der Waals surface area contributed by atoms with Crippen molar-refractivity contribution in [1.82, 2.24) is 9.88 Å². The van der Waals surface area contributed by atoms with Gasteiger partial charge in [0.05, 0.1) is 10.7 Å². The number of hydrogen-bond donors (Lipinski definition) is 2. The van der Waals surface area contributed by atoms with Crippen molar-refractivity contribution in [3.05, 3.63) is 53.1 Å². The standard InChI is InChI=1S/C19H16ClFN4O3.C2HF3O2/c20-12-10-11(23-17(26)16-13(21)4-3-8-22-16)6-7-14(12)25-18(27)15-5-1-2-9-24(15)19(25)28;3-2(4,5)1(6)7/h3-4,6-8,10,15H,1-2,5,9H2,(H,23,26);(H,6,7). The molecule has 0 bridgehead atoms. The molecule has 0 aliphatic carbocycles. The summed E-state index contributed by atoms with van der Waals surface area (Å²) >= 11 is 6.29. The van der Waals surface area contributed by atoms with E-state index in [1.165, 1.54) is 30.5 Å². The van der Waals surface area contributed by atoms with Crippen molar-refractivity contribution < 1.29 is 41.8 Å². The van der Waals surface area contributed by atoms with Crippen LogP contribution in [0.1, 0.15) is 29.8 Å². The largest absolute Gasteiger partial charge is 0.490 e. The van der Waals surface area contributed by atoms with E-state index in [0.717, 1.165) is 23.8 Å². The number of urea groups is 1. The van der Waals surface area contributed by atoms with Crippen molar-refractivity contribution in [3.8, 4) is 0 Å². The first-order chi connectivity index (χ1) is 16.4. The average Bonchev–Trinajstić information content (AvgIpc) is 3.04. The number of nitrogens with one attached hydrogen (secondary N) is 1. The van der Waals surface area contributed by atoms with Gasteiger partial charge in [0, 0.05) is 18.4 Å². The Morgan fingerprint density at radius 2 is 1.86 bits per heavy atom. The minimum absolute atomic E-state index is 0.126. The first kappa shape index (κ1) is 25.9. The highest BCUT2D eigenvalue weighted by Gasteiger charge is 2.47. The number of halogens is 5. The molecule has 0 saturated carbocycles. The number of nitrogens with zero attached hydrogens (tertiary/aromatic N) is 3. The van der Waals surface area contributed by atoms with Crippen LogP contribution >= 0.6 is 11.6 Å². The van der Waals surface area contributed by atoms with Crippen molar-refractivity contribution >= 4 is 46.8 Å². The number of amides is 4. The number of pyridine rings is 1. The molecule has 4 amide bonds. The van der Waals surface area contributed by atoms with Crippen LogP contribution in [0.3, 0.4) is 0 Å². The SMILES string of the molecule is O=C(Nc1ccc(N2C(=O)C3CCCCN3C2=O)c(Cl)c1)c1ncccc1F.O=C(O)C(F)(F)F. The summed E-state index contributed by atoms with van der Waals surface area (Å²) in [7, 11) is 0. The minimum atomic E-state index is -5.08. The average molecular weight is 517 g/mol. The molecule has 2 aliphatic heterocycles. The van der Waals surface area contributed by atoms with Gasteiger partial charge in [-0.25, -0.2) is 23.9 Å². The Bertz CT molecular complexity index is 1150. The van der Waals surface area contributed by atoms with E-state index in [0.29, 0.717) is 18.7 Å². The molecule has 35 heavy (non-hydrogen) atoms. The van der Waals surface area contributed by atoms with Gasteiger partial charge >= 0.3 is 18.2 Å². The van der Waals surface area contributed by atoms with Crippen molar-refractivity contribution in [1.29, 1.82) is 0 Å². The van der Waals surface area contributed by atoms with E-state index in [1.807, 2.05) is 0 Å². The summed E-state index contributed by atoms with van der Waals surface area (Å²) in [4.78, 5) is 52.8. The maximum absolute atomic E-state index is 13.7. The molecule has 186 valence electrons. The molecule has 2 N–H and O–H groups in total. The maximum Gasteiger partial charge on any atom is 0.490 e. The molecule has 2 fully saturated rings. The minimum Gasteiger partial charge on any atom is -0.475 e. The number of rotatable bonds is 3. The molecule has 2 saturated heterocycles. The second kappa shape index (κ2) is 10.3. The zero-order valence-electron chi connectivity index (χ0n) is 17.7. The van der Waals surface area contributed by atoms with E-state index < -0.39 is 29.9 Å². The van der Waals surface area contributed by atoms with Gasteiger partial charge in [0.25, 0.3) is 11.8 Å². The van der Waals surface area contributed by atoms with Gasteiger partial charge in [0.15, 0.2) is 11.5 Å². The summed E-state index contributed by atoms with van der Waals surface area (Å²) in [6.45, 7) is 0.549. The van der Waals surface area contributed by atoms with Crippen LogP contribution in [0.5, 0.6) is 0 Å². The quantitative estimate of drug-likeness (QED) is 0.468. The van der Waals surface area contributed by atoms with Crippen LogP contribution < -0.4 is 10.2 Å². The third-order valence-corrected chi connectivity index (χ3v) is 5.41. The second-order valence-corrected chi connectivity index (χ2v) is 7.83. The summed E-state index contributed by atoms with van der Waals surface area (Å²) in [6.07, 6.45) is -1.36. The van der Waals surface area contributed by atoms with Gasteiger partial charge in [-0.15, -0.1) is 0 Å². The van der Waals surface area contributed by atoms with Crippen molar-refractivity contribution in [2.75, 3.05) is 16.8 Å². The Balaban J connectivity index is 0.000000429. The lowest BCUT2D eigenvalue weighted by molar-refractivity contribution is -0.192. The lowest BCUT2D eigenvalue weighted by atomic mass is 10.0. The summed E-state index contributed by atoms with van der Waals surface area (Å²) in [5, 5.41) is 9.76. The van der Waals surface area contributed by atoms with Crippen molar-refractivity contribution in [2.45, 2.75) is 31.5 Å². The fourth-order valence-corrected chi connectivity index (χ4v) is 3.78. The van der Waals surface area contributed by atoms with Crippen LogP contribution in [0.4, 0.5) is 33.7 Å². The van der Waals surface area contributed by atoms with Crippen LogP contribution in [0.2, 0.25) is 5.02 Å². The fourth-order valence-electron chi connectivity index (χ4n) is 3.52. The van der Waals surface area contributed by atoms with Gasteiger partial charge in [-0.1, -0.05) is 11.6 Å². The van der Waals surface area contributed by atoms with Crippen LogP contribution in [-0.2, 0) is 9.59 Å². The van der Waals surface area contributed by atoms with Gasteiger partial charge in [0.1, 0.15) is 6.04 Å². The first-order valence-corrected chi connectivity index (χ1v) is 10.5. The van der Waals surface area contributed by atoms with Gasteiger partial charge in [-0.05, 0) is 49.6 Å². The van der Waals surface area contributed by atoms with Gasteiger partial charge in [-0.2, -0.15) is 13.2 Å². The van der Waals surface area contributed by atoms with Crippen LogP contribution in [0.25, 0.3) is 0 Å². The summed E-state index contributed by atoms with van der Waals surface area (Å²) in [6, 6.07) is 6.09. The Morgan fingerprint density at radius 1 is 1.17 bits per heavy atom. The molecule has 1 unspecified atom stereocenters. The number of carboxylic acid groups (broad SMARTS) is 1. The molecule has 14 heteroatoms. The number of piperidine rings is 1. The molecule has 0 spiro atoms. The van der Waals surface area contributed by atoms with Crippen LogP contribution in [0.15, 0.2) is 36.5 Å². The molecule has 0 radical (unpaired) electrons. The molecule has 1 aromatic carbocycles. The van der Waals surface area contributed by atoms with E-state index in [1.54, 1.807) is 4.90 Å². The summed E-state index contributed by atoms with van der Waals surface area (Å²) < 4.78 is 45.4. The van der Waals surface area contributed by atoms with Gasteiger partial charge < -0.3 is 15.3 Å². The highest BCUT2D eigenvalue weighted by molar-refractivity contribution is 6.36. The molecule has 1 aromatic heterocycles. The lowest BCUT2D eigenvalue weighted by Crippen LogP contribution is -2.39. The Labute approximate surface area is 200 Å². The first-order valence-electron chi connectivity index (χ1n) is 10.1. The Kier molecular flexibility index (Phi) is 7.58. The number of aliphatic carboxylic acids is 1. The smallest absolute Gasteiger partial charge is 0.475 e. The van der Waals surface area contributed by atoms with E-state index in [2.05, 4.69) is 10.3 Å². The number of hydrogen-bond acceptors (Lipinski definition) is 5. The molecule has 2 aliphatic rings. The third-order valence-electron chi connectivity index (χ3n) is 5.11. The van der Waals surface area contributed by atoms with E-state index in [-0.39, 0.29) is 28.3 Å².